The summed E-state index contributed by atoms with van der Waals surface area (Å²) >= 11 is 7.35. The van der Waals surface area contributed by atoms with Crippen LogP contribution in [0.3, 0.4) is 0 Å². The lowest BCUT2D eigenvalue weighted by molar-refractivity contribution is -0.123. The third-order valence-corrected chi connectivity index (χ3v) is 3.02. The molecule has 1 aromatic rings. The minimum Gasteiger partial charge on any atom is -0.377 e. The Kier molecular flexibility index (Phi) is 5.25. The molecule has 1 heterocycles. The molecule has 0 aliphatic heterocycles. The van der Waals surface area contributed by atoms with Gasteiger partial charge in [0.05, 0.1) is 10.9 Å². The predicted octanol–water partition coefficient (Wildman–Crippen LogP) is 2.05. The second kappa shape index (κ2) is 6.23. The van der Waals surface area contributed by atoms with E-state index >= 15 is 0 Å². The third-order valence-electron chi connectivity index (χ3n) is 1.81. The Morgan fingerprint density at radius 2 is 2.33 bits per heavy atom. The number of thiophene rings is 1. The zero-order valence-corrected chi connectivity index (χ0v) is 10.4. The van der Waals surface area contributed by atoms with Gasteiger partial charge in [-0.05, 0) is 19.2 Å². The number of ether oxygens (including phenoxy) is 1. The third kappa shape index (κ3) is 4.75. The largest absolute Gasteiger partial charge is 0.377 e. The highest BCUT2D eigenvalue weighted by molar-refractivity contribution is 7.16. The summed E-state index contributed by atoms with van der Waals surface area (Å²) in [6, 6.07) is 3.84. The van der Waals surface area contributed by atoms with Gasteiger partial charge in [0.15, 0.2) is 5.78 Å². The number of nitrogens with zero attached hydrogens (tertiary/aromatic N) is 1. The first-order valence-corrected chi connectivity index (χ1v) is 5.74. The van der Waals surface area contributed by atoms with Crippen molar-refractivity contribution >= 4 is 28.7 Å². The van der Waals surface area contributed by atoms with Crippen LogP contribution in [0.15, 0.2) is 12.1 Å². The minimum absolute atomic E-state index is 0.0858. The summed E-state index contributed by atoms with van der Waals surface area (Å²) in [5, 5.41) is 0. The maximum absolute atomic E-state index is 11.3. The molecule has 0 saturated heterocycles. The van der Waals surface area contributed by atoms with Gasteiger partial charge in [-0.1, -0.05) is 11.6 Å². The van der Waals surface area contributed by atoms with Crippen LogP contribution >= 0.6 is 22.9 Å². The summed E-state index contributed by atoms with van der Waals surface area (Å²) in [7, 11) is 3.43. The molecule has 0 saturated carbocycles. The molecule has 0 aliphatic carbocycles. The molecule has 0 unspecified atom stereocenters. The number of ketones is 1. The van der Waals surface area contributed by atoms with Crippen molar-refractivity contribution in [2.75, 3.05) is 27.3 Å². The summed E-state index contributed by atoms with van der Waals surface area (Å²) in [5.74, 6) is 0.0858. The smallest absolute Gasteiger partial charge is 0.172 e. The Morgan fingerprint density at radius 1 is 1.60 bits per heavy atom. The fourth-order valence-corrected chi connectivity index (χ4v) is 2.43. The fraction of sp³-hybridized carbons (Fsp3) is 0.500. The molecule has 0 fully saturated rings. The Balaban J connectivity index is 2.35. The van der Waals surface area contributed by atoms with Crippen molar-refractivity contribution in [3.63, 3.8) is 0 Å². The van der Waals surface area contributed by atoms with Crippen molar-refractivity contribution in [1.82, 2.24) is 4.90 Å². The van der Waals surface area contributed by atoms with Crippen LogP contribution in [0.4, 0.5) is 0 Å². The number of rotatable bonds is 6. The van der Waals surface area contributed by atoms with E-state index in [1.165, 1.54) is 18.4 Å². The molecule has 0 aromatic carbocycles. The Hall–Kier alpha value is -0.420. The van der Waals surface area contributed by atoms with Crippen LogP contribution in [-0.4, -0.2) is 38.0 Å². The number of hydrogen-bond donors (Lipinski definition) is 0. The van der Waals surface area contributed by atoms with Gasteiger partial charge in [0.2, 0.25) is 0 Å². The van der Waals surface area contributed by atoms with Crippen molar-refractivity contribution < 1.29 is 9.53 Å². The molecule has 5 heteroatoms. The standard InChI is InChI=1S/C10H14ClNO2S/c1-12(5-8(13)7-14-2)6-9-3-4-10(11)15-9/h3-4H,5-7H2,1-2H3. The lowest BCUT2D eigenvalue weighted by Gasteiger charge is -2.13. The second-order valence-electron chi connectivity index (χ2n) is 3.35. The molecule has 0 radical (unpaired) electrons. The van der Waals surface area contributed by atoms with Crippen LogP contribution in [0.25, 0.3) is 0 Å². The average Bonchev–Trinajstić information content (AvgIpc) is 2.51. The molecular weight excluding hydrogens is 234 g/mol. The van der Waals surface area contributed by atoms with Crippen molar-refractivity contribution in [3.05, 3.63) is 21.3 Å². The SMILES string of the molecule is COCC(=O)CN(C)Cc1ccc(Cl)s1. The van der Waals surface area contributed by atoms with Gasteiger partial charge in [-0.15, -0.1) is 11.3 Å². The maximum Gasteiger partial charge on any atom is 0.172 e. The predicted molar refractivity (Wildman–Crippen MR) is 62.5 cm³/mol. The van der Waals surface area contributed by atoms with E-state index in [1.807, 2.05) is 24.1 Å². The Bertz CT molecular complexity index is 327. The van der Waals surface area contributed by atoms with Crippen LogP contribution in [0.1, 0.15) is 4.88 Å². The van der Waals surface area contributed by atoms with E-state index in [-0.39, 0.29) is 12.4 Å². The van der Waals surface area contributed by atoms with Crippen LogP contribution in [0, 0.1) is 0 Å². The minimum atomic E-state index is 0.0858. The van der Waals surface area contributed by atoms with Crippen molar-refractivity contribution in [2.24, 2.45) is 0 Å². The van der Waals surface area contributed by atoms with Gasteiger partial charge < -0.3 is 4.74 Å². The van der Waals surface area contributed by atoms with E-state index in [2.05, 4.69) is 0 Å². The quantitative estimate of drug-likeness (QED) is 0.771. The van der Waals surface area contributed by atoms with Crippen LogP contribution in [0.5, 0.6) is 0 Å². The van der Waals surface area contributed by atoms with Crippen LogP contribution in [-0.2, 0) is 16.1 Å². The molecule has 15 heavy (non-hydrogen) atoms. The van der Waals surface area contributed by atoms with Gasteiger partial charge in [-0.2, -0.15) is 0 Å². The van der Waals surface area contributed by atoms with E-state index < -0.39 is 0 Å². The Morgan fingerprint density at radius 3 is 2.87 bits per heavy atom. The molecule has 0 N–H and O–H groups in total. The lowest BCUT2D eigenvalue weighted by Crippen LogP contribution is -2.27. The Labute approximate surface area is 98.6 Å². The highest BCUT2D eigenvalue weighted by Crippen LogP contribution is 2.22. The summed E-state index contributed by atoms with van der Waals surface area (Å²) in [4.78, 5) is 14.4. The lowest BCUT2D eigenvalue weighted by atomic mass is 10.3. The number of Topliss-reactive ketones (excluding diaryl/α,β-unsaturated/α-hetero) is 1. The number of carbonyl (C=O) groups excluding carboxylic acids is 1. The number of likely N-dealkylation sites (N-methyl/N-ethyl adjacent to an activating group) is 1. The average molecular weight is 248 g/mol. The fourth-order valence-electron chi connectivity index (χ4n) is 1.27. The van der Waals surface area contributed by atoms with Gasteiger partial charge in [0, 0.05) is 18.5 Å². The molecule has 84 valence electrons. The summed E-state index contributed by atoms with van der Waals surface area (Å²) in [6.45, 7) is 1.33. The first-order valence-electron chi connectivity index (χ1n) is 4.55. The summed E-state index contributed by atoms with van der Waals surface area (Å²) in [5.41, 5.74) is 0. The van der Waals surface area contributed by atoms with Crippen molar-refractivity contribution in [1.29, 1.82) is 0 Å². The zero-order chi connectivity index (χ0) is 11.3. The van der Waals surface area contributed by atoms with E-state index in [0.717, 1.165) is 15.8 Å². The monoisotopic (exact) mass is 247 g/mol. The number of hydrogen-bond acceptors (Lipinski definition) is 4. The van der Waals surface area contributed by atoms with Gasteiger partial charge in [-0.25, -0.2) is 0 Å². The molecule has 3 nitrogen and oxygen atoms in total. The normalized spacial score (nSPS) is 10.9. The van der Waals surface area contributed by atoms with Crippen molar-refractivity contribution in [3.8, 4) is 0 Å². The first-order chi connectivity index (χ1) is 7.11. The summed E-state index contributed by atoms with van der Waals surface area (Å²) in [6.07, 6.45) is 0. The summed E-state index contributed by atoms with van der Waals surface area (Å²) < 4.78 is 5.54. The number of carbonyl (C=O) groups is 1. The molecule has 0 aliphatic rings. The molecule has 0 atom stereocenters. The highest BCUT2D eigenvalue weighted by atomic mass is 35.5. The first kappa shape index (κ1) is 12.6. The van der Waals surface area contributed by atoms with Crippen LogP contribution < -0.4 is 0 Å². The van der Waals surface area contributed by atoms with Gasteiger partial charge >= 0.3 is 0 Å². The van der Waals surface area contributed by atoms with E-state index in [4.69, 9.17) is 16.3 Å². The van der Waals surface area contributed by atoms with E-state index in [0.29, 0.717) is 6.54 Å². The van der Waals surface area contributed by atoms with Gasteiger partial charge in [-0.3, -0.25) is 9.69 Å². The van der Waals surface area contributed by atoms with E-state index in [9.17, 15) is 4.79 Å². The number of methoxy groups -OCH3 is 1. The second-order valence-corrected chi connectivity index (χ2v) is 5.15. The van der Waals surface area contributed by atoms with Crippen molar-refractivity contribution in [2.45, 2.75) is 6.54 Å². The van der Waals surface area contributed by atoms with Gasteiger partial charge in [0.25, 0.3) is 0 Å². The zero-order valence-electron chi connectivity index (χ0n) is 8.83. The molecule has 0 spiro atoms. The number of halogens is 1. The topological polar surface area (TPSA) is 29.5 Å². The van der Waals surface area contributed by atoms with Gasteiger partial charge in [0.1, 0.15) is 6.61 Å². The molecule has 0 bridgehead atoms. The van der Waals surface area contributed by atoms with E-state index in [1.54, 1.807) is 0 Å². The molecule has 0 amide bonds. The molecular formula is C10H14ClNO2S. The van der Waals surface area contributed by atoms with Crippen LogP contribution in [0.2, 0.25) is 4.34 Å². The molecule has 1 aromatic heterocycles. The molecule has 1 rings (SSSR count). The maximum atomic E-state index is 11.3. The highest BCUT2D eigenvalue weighted by Gasteiger charge is 2.07.